The minimum absolute atomic E-state index is 0.0484. The summed E-state index contributed by atoms with van der Waals surface area (Å²) in [5.74, 6) is 0. The van der Waals surface area contributed by atoms with E-state index in [1.807, 2.05) is 54.6 Å². The molecule has 0 unspecified atom stereocenters. The van der Waals surface area contributed by atoms with Crippen LogP contribution in [0.15, 0.2) is 94.1 Å². The molecule has 0 radical (unpaired) electrons. The number of nitro groups is 1. The summed E-state index contributed by atoms with van der Waals surface area (Å²) < 4.78 is 5.67. The number of para-hydroxylation sites is 2. The van der Waals surface area contributed by atoms with Crippen molar-refractivity contribution in [2.24, 2.45) is 0 Å². The van der Waals surface area contributed by atoms with Crippen LogP contribution in [-0.4, -0.2) is 4.92 Å². The minimum atomic E-state index is -0.721. The van der Waals surface area contributed by atoms with Crippen molar-refractivity contribution in [3.63, 3.8) is 0 Å². The smallest absolute Gasteiger partial charge is 0.342 e. The second-order valence-corrected chi connectivity index (χ2v) is 7.78. The van der Waals surface area contributed by atoms with Crippen LogP contribution in [0.5, 0.6) is 0 Å². The van der Waals surface area contributed by atoms with E-state index in [0.29, 0.717) is 16.7 Å². The fraction of sp³-hybridized carbons (Fsp3) is 0.0385. The van der Waals surface area contributed by atoms with Crippen molar-refractivity contribution in [1.29, 1.82) is 0 Å². The van der Waals surface area contributed by atoms with Gasteiger partial charge in [-0.15, -0.1) is 0 Å². The van der Waals surface area contributed by atoms with Crippen LogP contribution in [0.2, 0.25) is 0 Å². The number of nitro benzene ring substituents is 1. The van der Waals surface area contributed by atoms with Crippen molar-refractivity contribution in [2.75, 3.05) is 5.32 Å². The average molecular weight is 420 g/mol. The van der Waals surface area contributed by atoms with E-state index in [1.54, 1.807) is 24.3 Å². The summed E-state index contributed by atoms with van der Waals surface area (Å²) in [5, 5.41) is 18.0. The van der Waals surface area contributed by atoms with Crippen molar-refractivity contribution in [3.05, 3.63) is 117 Å². The molecule has 1 atom stereocenters. The highest BCUT2D eigenvalue weighted by Crippen LogP contribution is 2.48. The summed E-state index contributed by atoms with van der Waals surface area (Å²) >= 11 is 0. The molecule has 1 aromatic heterocycles. The van der Waals surface area contributed by atoms with E-state index >= 15 is 0 Å². The van der Waals surface area contributed by atoms with Crippen LogP contribution < -0.4 is 10.9 Å². The zero-order chi connectivity index (χ0) is 21.8. The number of nitrogens with zero attached hydrogens (tertiary/aromatic N) is 1. The molecule has 1 aliphatic rings. The van der Waals surface area contributed by atoms with Gasteiger partial charge in [-0.1, -0.05) is 60.7 Å². The number of benzene rings is 4. The number of nitrogens with one attached hydrogen (secondary N) is 1. The van der Waals surface area contributed by atoms with Crippen molar-refractivity contribution in [3.8, 4) is 11.1 Å². The summed E-state index contributed by atoms with van der Waals surface area (Å²) in [6.45, 7) is 0. The molecule has 6 heteroatoms. The fourth-order valence-electron chi connectivity index (χ4n) is 4.72. The predicted molar refractivity (Wildman–Crippen MR) is 124 cm³/mol. The first-order valence-corrected chi connectivity index (χ1v) is 10.2. The quantitative estimate of drug-likeness (QED) is 0.214. The average Bonchev–Trinajstić information content (AvgIpc) is 2.83. The number of hydrogen-bond acceptors (Lipinski definition) is 5. The predicted octanol–water partition coefficient (Wildman–Crippen LogP) is 6.04. The third-order valence-corrected chi connectivity index (χ3v) is 6.06. The summed E-state index contributed by atoms with van der Waals surface area (Å²) in [6.07, 6.45) is 0. The van der Waals surface area contributed by atoms with E-state index < -0.39 is 16.6 Å². The molecule has 5 aromatic rings. The highest BCUT2D eigenvalue weighted by molar-refractivity contribution is 6.11. The van der Waals surface area contributed by atoms with E-state index in [2.05, 4.69) is 5.32 Å². The van der Waals surface area contributed by atoms with Gasteiger partial charge in [0, 0.05) is 28.3 Å². The summed E-state index contributed by atoms with van der Waals surface area (Å²) in [6, 6.07) is 25.1. The molecule has 1 N–H and O–H groups in total. The van der Waals surface area contributed by atoms with Gasteiger partial charge < -0.3 is 9.73 Å². The SMILES string of the molecule is O=c1oc2ccccc2c2c1[C@@H](c1ccccc1[N+](=O)[O-])Nc1ccc3ccccc3c1-2. The van der Waals surface area contributed by atoms with E-state index in [1.165, 1.54) is 6.07 Å². The Bertz CT molecular complexity index is 1620. The third-order valence-electron chi connectivity index (χ3n) is 6.06. The Labute approximate surface area is 181 Å². The Hall–Kier alpha value is -4.45. The van der Waals surface area contributed by atoms with Crippen molar-refractivity contribution < 1.29 is 9.34 Å². The molecule has 32 heavy (non-hydrogen) atoms. The topological polar surface area (TPSA) is 85.4 Å². The standard InChI is InChI=1S/C26H16N2O4/c29-26-24-23(18-10-4-6-12-21(18)32-26)22-16-8-2-1-7-15(16)13-14-19(22)27-25(24)17-9-3-5-11-20(17)28(30)31/h1-14,25,27H/t25-/m1/s1. The number of anilines is 1. The first-order valence-electron chi connectivity index (χ1n) is 10.2. The molecule has 2 heterocycles. The fourth-order valence-corrected chi connectivity index (χ4v) is 4.72. The van der Waals surface area contributed by atoms with Gasteiger partial charge in [0.25, 0.3) is 5.69 Å². The third kappa shape index (κ3) is 2.56. The highest BCUT2D eigenvalue weighted by Gasteiger charge is 2.35. The van der Waals surface area contributed by atoms with Crippen LogP contribution in [0.25, 0.3) is 32.9 Å². The molecule has 1 aliphatic heterocycles. The van der Waals surface area contributed by atoms with Gasteiger partial charge in [0.2, 0.25) is 0 Å². The van der Waals surface area contributed by atoms with Gasteiger partial charge in [0.15, 0.2) is 0 Å². The van der Waals surface area contributed by atoms with E-state index in [9.17, 15) is 14.9 Å². The first-order chi connectivity index (χ1) is 15.6. The molecule has 0 fully saturated rings. The maximum atomic E-state index is 13.3. The number of rotatable bonds is 2. The lowest BCUT2D eigenvalue weighted by atomic mass is 9.83. The van der Waals surface area contributed by atoms with Crippen LogP contribution in [0, 0.1) is 10.1 Å². The molecule has 4 aromatic carbocycles. The van der Waals surface area contributed by atoms with Gasteiger partial charge >= 0.3 is 5.63 Å². The zero-order valence-corrected chi connectivity index (χ0v) is 16.7. The van der Waals surface area contributed by atoms with E-state index in [0.717, 1.165) is 33.0 Å². The Morgan fingerprint density at radius 2 is 1.53 bits per heavy atom. The Morgan fingerprint density at radius 1 is 0.812 bits per heavy atom. The summed E-state index contributed by atoms with van der Waals surface area (Å²) in [7, 11) is 0. The largest absolute Gasteiger partial charge is 0.422 e. The van der Waals surface area contributed by atoms with Crippen molar-refractivity contribution in [2.45, 2.75) is 6.04 Å². The Morgan fingerprint density at radius 3 is 2.38 bits per heavy atom. The monoisotopic (exact) mass is 420 g/mol. The van der Waals surface area contributed by atoms with Gasteiger partial charge in [-0.05, 0) is 29.0 Å². The second kappa shape index (κ2) is 6.78. The Kier molecular flexibility index (Phi) is 3.89. The van der Waals surface area contributed by atoms with Gasteiger partial charge in [-0.25, -0.2) is 4.79 Å². The lowest BCUT2D eigenvalue weighted by molar-refractivity contribution is -0.385. The Balaban J connectivity index is 1.78. The molecule has 0 aliphatic carbocycles. The molecular formula is C26H16N2O4. The van der Waals surface area contributed by atoms with Crippen LogP contribution in [0.3, 0.4) is 0 Å². The molecule has 0 saturated carbocycles. The molecule has 0 amide bonds. The molecule has 0 spiro atoms. The lowest BCUT2D eigenvalue weighted by Crippen LogP contribution is -2.26. The number of hydrogen-bond donors (Lipinski definition) is 1. The van der Waals surface area contributed by atoms with Crippen LogP contribution in [-0.2, 0) is 0 Å². The van der Waals surface area contributed by atoms with Crippen molar-refractivity contribution in [1.82, 2.24) is 0 Å². The molecular weight excluding hydrogens is 404 g/mol. The van der Waals surface area contributed by atoms with Gasteiger partial charge in [-0.2, -0.15) is 0 Å². The van der Waals surface area contributed by atoms with Crippen LogP contribution in [0.1, 0.15) is 17.2 Å². The minimum Gasteiger partial charge on any atom is -0.422 e. The molecule has 6 nitrogen and oxygen atoms in total. The van der Waals surface area contributed by atoms with Gasteiger partial charge in [0.05, 0.1) is 22.1 Å². The summed E-state index contributed by atoms with van der Waals surface area (Å²) in [5.41, 5.74) is 3.19. The maximum Gasteiger partial charge on any atom is 0.342 e. The zero-order valence-electron chi connectivity index (χ0n) is 16.7. The molecule has 0 bridgehead atoms. The van der Waals surface area contributed by atoms with Crippen LogP contribution >= 0.6 is 0 Å². The molecule has 154 valence electrons. The molecule has 6 rings (SSSR count). The van der Waals surface area contributed by atoms with Crippen LogP contribution in [0.4, 0.5) is 11.4 Å². The van der Waals surface area contributed by atoms with Crippen molar-refractivity contribution >= 4 is 33.1 Å². The van der Waals surface area contributed by atoms with Gasteiger partial charge in [0.1, 0.15) is 5.58 Å². The highest BCUT2D eigenvalue weighted by atomic mass is 16.6. The first kappa shape index (κ1) is 18.3. The summed E-state index contributed by atoms with van der Waals surface area (Å²) in [4.78, 5) is 24.7. The van der Waals surface area contributed by atoms with E-state index in [4.69, 9.17) is 4.42 Å². The molecule has 0 saturated heterocycles. The van der Waals surface area contributed by atoms with Gasteiger partial charge in [-0.3, -0.25) is 10.1 Å². The lowest BCUT2D eigenvalue weighted by Gasteiger charge is -2.30. The number of fused-ring (bicyclic) bond motifs is 7. The second-order valence-electron chi connectivity index (χ2n) is 7.78. The maximum absolute atomic E-state index is 13.3. The van der Waals surface area contributed by atoms with E-state index in [-0.39, 0.29) is 5.69 Å². The normalized spacial score (nSPS) is 14.6.